The van der Waals surface area contributed by atoms with Crippen LogP contribution in [0.1, 0.15) is 29.8 Å². The normalized spacial score (nSPS) is 12.1. The number of sulfone groups is 1. The van der Waals surface area contributed by atoms with Crippen molar-refractivity contribution in [3.63, 3.8) is 0 Å². The van der Waals surface area contributed by atoms with Crippen LogP contribution in [-0.4, -0.2) is 25.0 Å². The van der Waals surface area contributed by atoms with Crippen molar-refractivity contribution in [2.45, 2.75) is 35.6 Å². The fourth-order valence-corrected chi connectivity index (χ4v) is 3.55. The van der Waals surface area contributed by atoms with Gasteiger partial charge in [-0.25, -0.2) is 13.2 Å². The topological polar surface area (TPSA) is 97.5 Å². The minimum Gasteiger partial charge on any atom is -0.478 e. The highest BCUT2D eigenvalue weighted by atomic mass is 32.2. The third-order valence-corrected chi connectivity index (χ3v) is 5.05. The van der Waals surface area contributed by atoms with Crippen molar-refractivity contribution in [2.75, 3.05) is 0 Å². The summed E-state index contributed by atoms with van der Waals surface area (Å²) in [6.45, 7) is 3.80. The van der Waals surface area contributed by atoms with Crippen LogP contribution in [0.4, 0.5) is 0 Å². The molecule has 2 aromatic carbocycles. The van der Waals surface area contributed by atoms with Crippen LogP contribution in [-0.2, 0) is 16.3 Å². The van der Waals surface area contributed by atoms with Crippen LogP contribution >= 0.6 is 0 Å². The Bertz CT molecular complexity index is 818. The van der Waals surface area contributed by atoms with Gasteiger partial charge in [-0.3, -0.25) is 0 Å². The van der Waals surface area contributed by atoms with Gasteiger partial charge in [0.25, 0.3) is 0 Å². The molecule has 0 bridgehead atoms. The third-order valence-electron chi connectivity index (χ3n) is 3.28. The van der Waals surface area contributed by atoms with E-state index in [4.69, 9.17) is 10.8 Å². The molecule has 2 aromatic rings. The van der Waals surface area contributed by atoms with Crippen LogP contribution in [0.2, 0.25) is 0 Å². The second-order valence-electron chi connectivity index (χ2n) is 6.15. The molecule has 0 aliphatic heterocycles. The monoisotopic (exact) mass is 333 g/mol. The maximum atomic E-state index is 12.6. The van der Waals surface area contributed by atoms with Crippen LogP contribution in [0.3, 0.4) is 0 Å². The summed E-state index contributed by atoms with van der Waals surface area (Å²) in [7, 11) is -3.75. The van der Waals surface area contributed by atoms with Gasteiger partial charge in [-0.2, -0.15) is 0 Å². The fraction of sp³-hybridized carbons (Fsp3) is 0.235. The molecule has 0 saturated heterocycles. The molecule has 0 amide bonds. The first kappa shape index (κ1) is 17.2. The van der Waals surface area contributed by atoms with E-state index in [0.29, 0.717) is 6.42 Å². The summed E-state index contributed by atoms with van der Waals surface area (Å²) in [5.74, 6) is -1.16. The number of nitrogens with two attached hydrogens (primary N) is 1. The molecule has 0 atom stereocenters. The molecule has 3 N–H and O–H groups in total. The van der Waals surface area contributed by atoms with Crippen LogP contribution in [0, 0.1) is 0 Å². The number of benzene rings is 2. The minimum atomic E-state index is -3.75. The molecule has 122 valence electrons. The van der Waals surface area contributed by atoms with E-state index in [-0.39, 0.29) is 20.9 Å². The lowest BCUT2D eigenvalue weighted by atomic mass is 9.96. The summed E-state index contributed by atoms with van der Waals surface area (Å²) in [5.41, 5.74) is 6.45. The highest BCUT2D eigenvalue weighted by Gasteiger charge is 2.19. The molecule has 0 aliphatic carbocycles. The molecule has 2 rings (SSSR count). The number of rotatable bonds is 5. The summed E-state index contributed by atoms with van der Waals surface area (Å²) in [5, 5.41) is 8.98. The predicted octanol–water partition coefficient (Wildman–Crippen LogP) is 2.50. The van der Waals surface area contributed by atoms with Crippen molar-refractivity contribution in [3.05, 3.63) is 59.7 Å². The predicted molar refractivity (Wildman–Crippen MR) is 87.3 cm³/mol. The Balaban J connectivity index is 2.37. The zero-order chi connectivity index (χ0) is 17.3. The van der Waals surface area contributed by atoms with Crippen LogP contribution in [0.25, 0.3) is 0 Å². The molecule has 0 unspecified atom stereocenters. The number of carboxylic acid groups (broad SMARTS) is 1. The summed E-state index contributed by atoms with van der Waals surface area (Å²) in [6.07, 6.45) is 0.627. The second kappa shape index (κ2) is 6.14. The SMILES string of the molecule is CC(C)(N)Cc1ccc(S(=O)(=O)c2cccc(C(=O)O)c2)cc1. The van der Waals surface area contributed by atoms with Crippen molar-refractivity contribution >= 4 is 15.8 Å². The Hall–Kier alpha value is -2.18. The number of hydrogen-bond acceptors (Lipinski definition) is 4. The molecular formula is C17H19NO4S. The molecule has 0 spiro atoms. The van der Waals surface area contributed by atoms with Crippen molar-refractivity contribution in [1.82, 2.24) is 0 Å². The molecule has 0 aromatic heterocycles. The largest absolute Gasteiger partial charge is 0.478 e. The van der Waals surface area contributed by atoms with Crippen molar-refractivity contribution in [1.29, 1.82) is 0 Å². The number of hydrogen-bond donors (Lipinski definition) is 2. The van der Waals surface area contributed by atoms with Crippen LogP contribution < -0.4 is 5.73 Å². The van der Waals surface area contributed by atoms with E-state index in [0.717, 1.165) is 11.6 Å². The van der Waals surface area contributed by atoms with Crippen LogP contribution in [0.5, 0.6) is 0 Å². The summed E-state index contributed by atoms with van der Waals surface area (Å²) < 4.78 is 25.2. The Kier molecular flexibility index (Phi) is 4.58. The van der Waals surface area contributed by atoms with Gasteiger partial charge in [0.05, 0.1) is 15.4 Å². The Morgan fingerprint density at radius 1 is 1.09 bits per heavy atom. The van der Waals surface area contributed by atoms with Gasteiger partial charge < -0.3 is 10.8 Å². The van der Waals surface area contributed by atoms with Gasteiger partial charge in [0.1, 0.15) is 0 Å². The maximum absolute atomic E-state index is 12.6. The standard InChI is InChI=1S/C17H19NO4S/c1-17(2,18)11-12-6-8-14(9-7-12)23(21,22)15-5-3-4-13(10-15)16(19)20/h3-10H,11,18H2,1-2H3,(H,19,20). The van der Waals surface area contributed by atoms with Gasteiger partial charge in [0.2, 0.25) is 9.84 Å². The zero-order valence-electron chi connectivity index (χ0n) is 13.0. The fourth-order valence-electron chi connectivity index (χ4n) is 2.24. The lowest BCUT2D eigenvalue weighted by molar-refractivity contribution is 0.0696. The summed E-state index contributed by atoms with van der Waals surface area (Å²) >= 11 is 0. The maximum Gasteiger partial charge on any atom is 0.335 e. The van der Waals surface area contributed by atoms with Gasteiger partial charge in [-0.1, -0.05) is 18.2 Å². The van der Waals surface area contributed by atoms with E-state index >= 15 is 0 Å². The minimum absolute atomic E-state index is 0.0377. The van der Waals surface area contributed by atoms with Gasteiger partial charge in [0, 0.05) is 5.54 Å². The van der Waals surface area contributed by atoms with E-state index < -0.39 is 15.8 Å². The van der Waals surface area contributed by atoms with Crippen molar-refractivity contribution in [3.8, 4) is 0 Å². The van der Waals surface area contributed by atoms with E-state index in [9.17, 15) is 13.2 Å². The molecule has 6 heteroatoms. The smallest absolute Gasteiger partial charge is 0.335 e. The van der Waals surface area contributed by atoms with Crippen molar-refractivity contribution < 1.29 is 18.3 Å². The molecule has 0 heterocycles. The number of carbonyl (C=O) groups is 1. The molecule has 0 saturated carbocycles. The van der Waals surface area contributed by atoms with Gasteiger partial charge in [0.15, 0.2) is 0 Å². The molecule has 5 nitrogen and oxygen atoms in total. The molecule has 23 heavy (non-hydrogen) atoms. The van der Waals surface area contributed by atoms with Gasteiger partial charge in [-0.15, -0.1) is 0 Å². The average molecular weight is 333 g/mol. The van der Waals surface area contributed by atoms with Crippen molar-refractivity contribution in [2.24, 2.45) is 5.73 Å². The zero-order valence-corrected chi connectivity index (χ0v) is 13.8. The lowest BCUT2D eigenvalue weighted by Gasteiger charge is -2.18. The lowest BCUT2D eigenvalue weighted by Crippen LogP contribution is -2.34. The number of aromatic carboxylic acids is 1. The van der Waals surface area contributed by atoms with E-state index in [2.05, 4.69) is 0 Å². The highest BCUT2D eigenvalue weighted by Crippen LogP contribution is 2.23. The van der Waals surface area contributed by atoms with Gasteiger partial charge >= 0.3 is 5.97 Å². The highest BCUT2D eigenvalue weighted by molar-refractivity contribution is 7.91. The second-order valence-corrected chi connectivity index (χ2v) is 8.10. The quantitative estimate of drug-likeness (QED) is 0.876. The Morgan fingerprint density at radius 2 is 1.70 bits per heavy atom. The Morgan fingerprint density at radius 3 is 2.22 bits per heavy atom. The summed E-state index contributed by atoms with van der Waals surface area (Å²) in [4.78, 5) is 11.1. The first-order valence-corrected chi connectivity index (χ1v) is 8.54. The average Bonchev–Trinajstić information content (AvgIpc) is 2.46. The summed E-state index contributed by atoms with van der Waals surface area (Å²) in [6, 6.07) is 11.8. The molecule has 0 radical (unpaired) electrons. The van der Waals surface area contributed by atoms with Gasteiger partial charge in [-0.05, 0) is 56.2 Å². The van der Waals surface area contributed by atoms with Crippen LogP contribution in [0.15, 0.2) is 58.3 Å². The molecular weight excluding hydrogens is 314 g/mol. The van der Waals surface area contributed by atoms with E-state index in [1.165, 1.54) is 30.3 Å². The first-order valence-electron chi connectivity index (χ1n) is 7.06. The molecule has 0 aliphatic rings. The Labute approximate surface area is 135 Å². The van der Waals surface area contributed by atoms with E-state index in [1.54, 1.807) is 12.1 Å². The molecule has 0 fully saturated rings. The van der Waals surface area contributed by atoms with E-state index in [1.807, 2.05) is 13.8 Å². The third kappa shape index (κ3) is 4.18. The first-order chi connectivity index (χ1) is 10.6. The number of carboxylic acids is 1.